The van der Waals surface area contributed by atoms with Gasteiger partial charge < -0.3 is 9.84 Å². The van der Waals surface area contributed by atoms with E-state index in [2.05, 4.69) is 13.8 Å². The lowest BCUT2D eigenvalue weighted by atomic mass is 9.78. The molecule has 15 heavy (non-hydrogen) atoms. The molecule has 0 saturated heterocycles. The molecule has 0 amide bonds. The molecule has 1 N–H and O–H groups in total. The number of hydrogen-bond donors (Lipinski definition) is 1. The van der Waals surface area contributed by atoms with E-state index < -0.39 is 0 Å². The molecule has 2 heteroatoms. The van der Waals surface area contributed by atoms with E-state index in [4.69, 9.17) is 4.74 Å². The number of methoxy groups -OCH3 is 1. The third kappa shape index (κ3) is 4.52. The van der Waals surface area contributed by atoms with E-state index in [1.165, 1.54) is 25.7 Å². The van der Waals surface area contributed by atoms with Crippen molar-refractivity contribution < 1.29 is 9.84 Å². The molecule has 4 unspecified atom stereocenters. The van der Waals surface area contributed by atoms with Crippen LogP contribution in [0.25, 0.3) is 0 Å². The van der Waals surface area contributed by atoms with E-state index in [0.717, 1.165) is 18.9 Å². The fraction of sp³-hybridized carbons (Fsp3) is 1.00. The van der Waals surface area contributed by atoms with Gasteiger partial charge >= 0.3 is 0 Å². The molecular weight excluding hydrogens is 188 g/mol. The van der Waals surface area contributed by atoms with Crippen molar-refractivity contribution in [3.05, 3.63) is 0 Å². The zero-order valence-corrected chi connectivity index (χ0v) is 10.4. The fourth-order valence-electron chi connectivity index (χ4n) is 2.79. The molecule has 1 saturated carbocycles. The highest BCUT2D eigenvalue weighted by molar-refractivity contribution is 4.77. The van der Waals surface area contributed by atoms with E-state index in [1.54, 1.807) is 7.11 Å². The molecule has 0 radical (unpaired) electrons. The first kappa shape index (κ1) is 13.0. The van der Waals surface area contributed by atoms with E-state index in [9.17, 15) is 5.11 Å². The predicted octanol–water partition coefficient (Wildman–Crippen LogP) is 2.85. The number of rotatable bonds is 5. The summed E-state index contributed by atoms with van der Waals surface area (Å²) in [5.74, 6) is 1.81. The molecule has 1 fully saturated rings. The number of aliphatic hydroxyl groups is 1. The van der Waals surface area contributed by atoms with Gasteiger partial charge in [0.15, 0.2) is 0 Å². The Bertz CT molecular complexity index is 170. The summed E-state index contributed by atoms with van der Waals surface area (Å²) in [4.78, 5) is 0. The summed E-state index contributed by atoms with van der Waals surface area (Å²) in [6, 6.07) is 0. The Morgan fingerprint density at radius 3 is 2.73 bits per heavy atom. The number of hydrogen-bond acceptors (Lipinski definition) is 2. The molecule has 1 rings (SSSR count). The minimum atomic E-state index is -0.113. The van der Waals surface area contributed by atoms with E-state index >= 15 is 0 Å². The molecule has 0 heterocycles. The van der Waals surface area contributed by atoms with Crippen molar-refractivity contribution in [3.63, 3.8) is 0 Å². The van der Waals surface area contributed by atoms with Crippen LogP contribution in [0.4, 0.5) is 0 Å². The van der Waals surface area contributed by atoms with Crippen LogP contribution in [0.3, 0.4) is 0 Å². The topological polar surface area (TPSA) is 29.5 Å². The van der Waals surface area contributed by atoms with Crippen LogP contribution in [-0.4, -0.2) is 24.9 Å². The minimum absolute atomic E-state index is 0.113. The molecule has 90 valence electrons. The molecule has 1 aliphatic rings. The summed E-state index contributed by atoms with van der Waals surface area (Å²) in [5, 5.41) is 10.1. The van der Waals surface area contributed by atoms with E-state index in [0.29, 0.717) is 11.8 Å². The third-order valence-electron chi connectivity index (χ3n) is 3.62. The monoisotopic (exact) mass is 214 g/mol. The zero-order valence-electron chi connectivity index (χ0n) is 10.4. The van der Waals surface area contributed by atoms with Crippen molar-refractivity contribution in [3.8, 4) is 0 Å². The number of aliphatic hydroxyl groups excluding tert-OH is 1. The molecule has 0 aromatic carbocycles. The van der Waals surface area contributed by atoms with Gasteiger partial charge in [-0.3, -0.25) is 0 Å². The maximum atomic E-state index is 10.1. The first-order valence-corrected chi connectivity index (χ1v) is 6.30. The van der Waals surface area contributed by atoms with Crippen LogP contribution in [0, 0.1) is 17.8 Å². The van der Waals surface area contributed by atoms with Gasteiger partial charge in [-0.1, -0.05) is 26.7 Å². The standard InChI is InChI=1S/C13H26O2/c1-10-5-4-6-12(7-10)13(14)8-11(2)9-15-3/h10-14H,4-9H2,1-3H3. The van der Waals surface area contributed by atoms with Crippen molar-refractivity contribution >= 4 is 0 Å². The van der Waals surface area contributed by atoms with Gasteiger partial charge in [0.2, 0.25) is 0 Å². The summed E-state index contributed by atoms with van der Waals surface area (Å²) in [5.41, 5.74) is 0. The van der Waals surface area contributed by atoms with Gasteiger partial charge in [-0.2, -0.15) is 0 Å². The van der Waals surface area contributed by atoms with Gasteiger partial charge in [-0.05, 0) is 37.0 Å². The average Bonchev–Trinajstić information content (AvgIpc) is 2.18. The molecule has 0 aliphatic heterocycles. The second kappa shape index (κ2) is 6.49. The summed E-state index contributed by atoms with van der Waals surface area (Å²) in [7, 11) is 1.73. The van der Waals surface area contributed by atoms with E-state index in [1.807, 2.05) is 0 Å². The smallest absolute Gasteiger partial charge is 0.0571 e. The molecule has 0 aromatic rings. The van der Waals surface area contributed by atoms with Crippen molar-refractivity contribution in [2.24, 2.45) is 17.8 Å². The summed E-state index contributed by atoms with van der Waals surface area (Å²) in [6.45, 7) is 5.22. The second-order valence-electron chi connectivity index (χ2n) is 5.40. The van der Waals surface area contributed by atoms with Crippen LogP contribution < -0.4 is 0 Å². The van der Waals surface area contributed by atoms with Gasteiger partial charge in [0.05, 0.1) is 6.10 Å². The van der Waals surface area contributed by atoms with Crippen molar-refractivity contribution in [2.75, 3.05) is 13.7 Å². The minimum Gasteiger partial charge on any atom is -0.393 e. The average molecular weight is 214 g/mol. The van der Waals surface area contributed by atoms with Gasteiger partial charge in [-0.15, -0.1) is 0 Å². The lowest BCUT2D eigenvalue weighted by molar-refractivity contribution is 0.0393. The Balaban J connectivity index is 2.28. The van der Waals surface area contributed by atoms with Gasteiger partial charge in [-0.25, -0.2) is 0 Å². The summed E-state index contributed by atoms with van der Waals surface area (Å²) in [6.07, 6.45) is 5.84. The van der Waals surface area contributed by atoms with Gasteiger partial charge in [0.1, 0.15) is 0 Å². The summed E-state index contributed by atoms with van der Waals surface area (Å²) >= 11 is 0. The maximum absolute atomic E-state index is 10.1. The lowest BCUT2D eigenvalue weighted by Crippen LogP contribution is -2.28. The predicted molar refractivity (Wildman–Crippen MR) is 62.8 cm³/mol. The molecule has 2 nitrogen and oxygen atoms in total. The maximum Gasteiger partial charge on any atom is 0.0571 e. The van der Waals surface area contributed by atoms with Crippen molar-refractivity contribution in [1.29, 1.82) is 0 Å². The van der Waals surface area contributed by atoms with E-state index in [-0.39, 0.29) is 6.10 Å². The van der Waals surface area contributed by atoms with Crippen molar-refractivity contribution in [2.45, 2.75) is 52.1 Å². The van der Waals surface area contributed by atoms with Crippen LogP contribution >= 0.6 is 0 Å². The number of ether oxygens (including phenoxy) is 1. The highest BCUT2D eigenvalue weighted by Crippen LogP contribution is 2.32. The van der Waals surface area contributed by atoms with Crippen LogP contribution in [0.1, 0.15) is 46.0 Å². The highest BCUT2D eigenvalue weighted by atomic mass is 16.5. The van der Waals surface area contributed by atoms with Crippen LogP contribution in [-0.2, 0) is 4.74 Å². The molecule has 0 bridgehead atoms. The molecule has 1 aliphatic carbocycles. The molecule has 0 spiro atoms. The second-order valence-corrected chi connectivity index (χ2v) is 5.40. The van der Waals surface area contributed by atoms with Gasteiger partial charge in [0.25, 0.3) is 0 Å². The zero-order chi connectivity index (χ0) is 11.3. The molecule has 4 atom stereocenters. The fourth-order valence-corrected chi connectivity index (χ4v) is 2.79. The largest absolute Gasteiger partial charge is 0.393 e. The summed E-state index contributed by atoms with van der Waals surface area (Å²) < 4.78 is 5.10. The normalized spacial score (nSPS) is 31.2. The molecular formula is C13H26O2. The Kier molecular flexibility index (Phi) is 5.62. The van der Waals surface area contributed by atoms with Gasteiger partial charge in [0, 0.05) is 13.7 Å². The lowest BCUT2D eigenvalue weighted by Gasteiger charge is -2.31. The van der Waals surface area contributed by atoms with Crippen LogP contribution in [0.2, 0.25) is 0 Å². The highest BCUT2D eigenvalue weighted by Gasteiger charge is 2.26. The van der Waals surface area contributed by atoms with Crippen LogP contribution in [0.15, 0.2) is 0 Å². The van der Waals surface area contributed by atoms with Crippen molar-refractivity contribution in [1.82, 2.24) is 0 Å². The first-order chi connectivity index (χ1) is 7.13. The Labute approximate surface area is 94.0 Å². The Morgan fingerprint density at radius 2 is 2.13 bits per heavy atom. The Hall–Kier alpha value is -0.0800. The van der Waals surface area contributed by atoms with Crippen LogP contribution in [0.5, 0.6) is 0 Å². The first-order valence-electron chi connectivity index (χ1n) is 6.30. The quantitative estimate of drug-likeness (QED) is 0.762. The molecule has 0 aromatic heterocycles. The third-order valence-corrected chi connectivity index (χ3v) is 3.62. The SMILES string of the molecule is COCC(C)CC(O)C1CCCC(C)C1. The Morgan fingerprint density at radius 1 is 1.40 bits per heavy atom.